The van der Waals surface area contributed by atoms with E-state index in [0.29, 0.717) is 6.42 Å². The lowest BCUT2D eigenvalue weighted by molar-refractivity contribution is -0.141. The fraction of sp³-hybridized carbons (Fsp3) is 0.696. The molecule has 1 heterocycles. The minimum atomic E-state index is -0.956. The summed E-state index contributed by atoms with van der Waals surface area (Å²) in [6.45, 7) is 26.1. The number of aliphatic carboxylic acids is 1. The Hall–Kier alpha value is -3.90. The number of ether oxygens (including phenoxy) is 2. The molecular weight excluding hydrogens is 735 g/mol. The molecule has 0 aliphatic carbocycles. The van der Waals surface area contributed by atoms with Crippen molar-refractivity contribution in [3.63, 3.8) is 0 Å². The van der Waals surface area contributed by atoms with E-state index < -0.39 is 18.1 Å². The zero-order chi connectivity index (χ0) is 43.9. The van der Waals surface area contributed by atoms with Crippen LogP contribution in [0.5, 0.6) is 0 Å². The summed E-state index contributed by atoms with van der Waals surface area (Å²) in [6, 6.07) is 8.82. The molecule has 1 aliphatic heterocycles. The number of carbonyl (C=O) groups is 4. The minimum Gasteiger partial charge on any atom is -0.481 e. The second kappa shape index (κ2) is 24.2. The van der Waals surface area contributed by atoms with Crippen LogP contribution >= 0.6 is 0 Å². The molecule has 0 radical (unpaired) electrons. The molecule has 12 heteroatoms. The number of methoxy groups -OCH3 is 2. The molecule has 58 heavy (non-hydrogen) atoms. The lowest BCUT2D eigenvalue weighted by Crippen LogP contribution is -2.56. The number of carboxylic acid groups (broad SMARTS) is 1. The molecule has 3 amide bonds. The standard InChI is InChI=1S/C46H77N5O7/c1-15-31(6)43(49(11)35(10)41(29(2)3)48-46(56)42(30(4)5)50(12)39(52)24-19-25-40(53)54)38(57-13)28-33(8)51-26-20-23-37(51)44(58-14)34(9)45(55)47-32(7)27-36-21-17-16-18-22-36/h16-18,21-22,29-32,34,37-38,41-44H,8,10,15,19-20,23-28H2,1-7,9,11-14H3,(H,47,55)(H,48,56)(H,53,54)/t31?,32-,34-,37+,38?,41+,42?,43?,44-/m1/s1. The van der Waals surface area contributed by atoms with E-state index in [1.165, 1.54) is 10.5 Å². The van der Waals surface area contributed by atoms with Crippen molar-refractivity contribution >= 4 is 23.7 Å². The summed E-state index contributed by atoms with van der Waals surface area (Å²) in [7, 11) is 7.03. The van der Waals surface area contributed by atoms with Gasteiger partial charge in [0.25, 0.3) is 0 Å². The number of hydrogen-bond donors (Lipinski definition) is 3. The third-order valence-corrected chi connectivity index (χ3v) is 12.1. The van der Waals surface area contributed by atoms with Crippen molar-refractivity contribution in [3.05, 3.63) is 60.4 Å². The van der Waals surface area contributed by atoms with Gasteiger partial charge in [-0.1, -0.05) is 98.4 Å². The first kappa shape index (κ1) is 50.2. The molecule has 1 aliphatic rings. The molecular formula is C46H77N5O7. The molecule has 3 N–H and O–H groups in total. The number of carboxylic acids is 1. The number of nitrogens with zero attached hydrogens (tertiary/aromatic N) is 3. The Morgan fingerprint density at radius 2 is 1.53 bits per heavy atom. The van der Waals surface area contributed by atoms with Crippen LogP contribution in [0.1, 0.15) is 106 Å². The Kier molecular flexibility index (Phi) is 21.0. The van der Waals surface area contributed by atoms with Crippen molar-refractivity contribution in [1.82, 2.24) is 25.3 Å². The summed E-state index contributed by atoms with van der Waals surface area (Å²) in [5.74, 6) is -1.93. The molecule has 1 aromatic rings. The monoisotopic (exact) mass is 812 g/mol. The highest BCUT2D eigenvalue weighted by Gasteiger charge is 2.41. The normalized spacial score (nSPS) is 18.4. The Morgan fingerprint density at radius 1 is 0.897 bits per heavy atom. The number of benzene rings is 1. The van der Waals surface area contributed by atoms with Gasteiger partial charge in [-0.15, -0.1) is 0 Å². The third-order valence-electron chi connectivity index (χ3n) is 12.1. The lowest BCUT2D eigenvalue weighted by Gasteiger charge is -2.44. The van der Waals surface area contributed by atoms with Crippen molar-refractivity contribution in [2.24, 2.45) is 23.7 Å². The summed E-state index contributed by atoms with van der Waals surface area (Å²) in [4.78, 5) is 57.5. The predicted octanol–water partition coefficient (Wildman–Crippen LogP) is 6.51. The first-order valence-electron chi connectivity index (χ1n) is 21.3. The van der Waals surface area contributed by atoms with Crippen LogP contribution in [0, 0.1) is 23.7 Å². The molecule has 9 atom stereocenters. The van der Waals surface area contributed by atoms with Gasteiger partial charge in [0.2, 0.25) is 17.7 Å². The molecule has 0 bridgehead atoms. The molecule has 328 valence electrons. The summed E-state index contributed by atoms with van der Waals surface area (Å²) in [5, 5.41) is 15.5. The molecule has 1 fully saturated rings. The van der Waals surface area contributed by atoms with Gasteiger partial charge in [-0.2, -0.15) is 0 Å². The topological polar surface area (TPSA) is 141 Å². The third kappa shape index (κ3) is 14.1. The van der Waals surface area contributed by atoms with E-state index in [-0.39, 0.29) is 91.0 Å². The van der Waals surface area contributed by atoms with Gasteiger partial charge in [0, 0.05) is 71.6 Å². The van der Waals surface area contributed by atoms with Gasteiger partial charge >= 0.3 is 5.97 Å². The quantitative estimate of drug-likeness (QED) is 0.0956. The maximum absolute atomic E-state index is 14.0. The van der Waals surface area contributed by atoms with Gasteiger partial charge in [-0.25, -0.2) is 0 Å². The maximum Gasteiger partial charge on any atom is 0.303 e. The molecule has 1 aromatic carbocycles. The van der Waals surface area contributed by atoms with Gasteiger partial charge in [-0.3, -0.25) is 19.2 Å². The minimum absolute atomic E-state index is 0.0197. The summed E-state index contributed by atoms with van der Waals surface area (Å²) in [6.07, 6.45) is 3.57. The van der Waals surface area contributed by atoms with Crippen molar-refractivity contribution in [2.75, 3.05) is 34.9 Å². The number of hydrogen-bond acceptors (Lipinski definition) is 8. The van der Waals surface area contributed by atoms with Crippen LogP contribution in [-0.4, -0.2) is 121 Å². The molecule has 1 saturated heterocycles. The van der Waals surface area contributed by atoms with Crippen LogP contribution in [0.3, 0.4) is 0 Å². The predicted molar refractivity (Wildman–Crippen MR) is 232 cm³/mol. The second-order valence-electron chi connectivity index (χ2n) is 17.2. The molecule has 4 unspecified atom stereocenters. The van der Waals surface area contributed by atoms with Crippen LogP contribution in [0.15, 0.2) is 54.9 Å². The van der Waals surface area contributed by atoms with E-state index in [4.69, 9.17) is 14.6 Å². The number of amides is 3. The molecule has 12 nitrogen and oxygen atoms in total. The fourth-order valence-electron chi connectivity index (χ4n) is 8.63. The van der Waals surface area contributed by atoms with E-state index in [9.17, 15) is 19.2 Å². The number of nitrogens with one attached hydrogen (secondary N) is 2. The van der Waals surface area contributed by atoms with Crippen LogP contribution in [0.25, 0.3) is 0 Å². The number of likely N-dealkylation sites (N-methyl/N-ethyl adjacent to an activating group) is 2. The number of carbonyl (C=O) groups excluding carboxylic acids is 3. The van der Waals surface area contributed by atoms with E-state index >= 15 is 0 Å². The molecule has 0 saturated carbocycles. The molecule has 0 spiro atoms. The zero-order valence-corrected chi connectivity index (χ0v) is 37.8. The Labute approximate surface area is 350 Å². The van der Waals surface area contributed by atoms with Gasteiger partial charge in [-0.05, 0) is 55.9 Å². The van der Waals surface area contributed by atoms with Crippen LogP contribution in [0.2, 0.25) is 0 Å². The van der Waals surface area contributed by atoms with Crippen LogP contribution in [0.4, 0.5) is 0 Å². The van der Waals surface area contributed by atoms with Gasteiger partial charge in [0.1, 0.15) is 6.04 Å². The summed E-state index contributed by atoms with van der Waals surface area (Å²) >= 11 is 0. The van der Waals surface area contributed by atoms with E-state index in [2.05, 4.69) is 59.6 Å². The number of likely N-dealkylation sites (tertiary alicyclic amines) is 1. The first-order chi connectivity index (χ1) is 27.3. The van der Waals surface area contributed by atoms with E-state index in [1.54, 1.807) is 21.3 Å². The molecule has 2 rings (SSSR count). The zero-order valence-electron chi connectivity index (χ0n) is 37.8. The highest BCUT2D eigenvalue weighted by molar-refractivity contribution is 5.88. The number of rotatable bonds is 26. The Balaban J connectivity index is 2.25. The molecule has 0 aromatic heterocycles. The Morgan fingerprint density at radius 3 is 2.07 bits per heavy atom. The maximum atomic E-state index is 14.0. The van der Waals surface area contributed by atoms with Crippen molar-refractivity contribution < 1.29 is 33.8 Å². The highest BCUT2D eigenvalue weighted by Crippen LogP contribution is 2.34. The SMILES string of the molecule is C=C([C@@H](NC(=O)C(C(C)C)N(C)C(=O)CCCC(=O)O)C(C)C)N(C)C(C(C)CC)C(CC(=C)N1CCC[C@H]1[C@H](OC)[C@@H](C)C(=O)N[C@H](C)Cc1ccccc1)OC. The lowest BCUT2D eigenvalue weighted by atomic mass is 9.88. The average Bonchev–Trinajstić information content (AvgIpc) is 3.66. The van der Waals surface area contributed by atoms with E-state index in [1.807, 2.05) is 66.8 Å². The summed E-state index contributed by atoms with van der Waals surface area (Å²) in [5.41, 5.74) is 2.84. The highest BCUT2D eigenvalue weighted by atomic mass is 16.5. The van der Waals surface area contributed by atoms with Crippen LogP contribution in [-0.2, 0) is 35.1 Å². The fourth-order valence-corrected chi connectivity index (χ4v) is 8.63. The largest absolute Gasteiger partial charge is 0.481 e. The van der Waals surface area contributed by atoms with Crippen LogP contribution < -0.4 is 10.6 Å². The Bertz CT molecular complexity index is 1490. The van der Waals surface area contributed by atoms with Gasteiger partial charge < -0.3 is 39.9 Å². The van der Waals surface area contributed by atoms with E-state index in [0.717, 1.165) is 43.6 Å². The average molecular weight is 812 g/mol. The van der Waals surface area contributed by atoms with Crippen molar-refractivity contribution in [2.45, 2.75) is 149 Å². The van der Waals surface area contributed by atoms with Gasteiger partial charge in [0.15, 0.2) is 0 Å². The summed E-state index contributed by atoms with van der Waals surface area (Å²) < 4.78 is 12.4. The van der Waals surface area contributed by atoms with Crippen molar-refractivity contribution in [3.8, 4) is 0 Å². The second-order valence-corrected chi connectivity index (χ2v) is 17.2. The first-order valence-corrected chi connectivity index (χ1v) is 21.3. The van der Waals surface area contributed by atoms with Gasteiger partial charge in [0.05, 0.1) is 36.3 Å². The smallest absolute Gasteiger partial charge is 0.303 e. The van der Waals surface area contributed by atoms with Crippen molar-refractivity contribution in [1.29, 1.82) is 0 Å².